The maximum atomic E-state index is 13.1. The highest BCUT2D eigenvalue weighted by Crippen LogP contribution is 2.27. The number of sulfonamides is 1. The SMILES string of the molecule is O=C1CCCN1c1ccc(NS(=O)(=O)c2ccc(F)cc2Cl)cc1. The number of rotatable bonds is 4. The molecule has 1 fully saturated rings. The van der Waals surface area contributed by atoms with E-state index >= 15 is 0 Å². The number of carbonyl (C=O) groups is 1. The molecule has 8 heteroatoms. The molecule has 0 bridgehead atoms. The second kappa shape index (κ2) is 6.41. The molecule has 0 aliphatic carbocycles. The standard InChI is InChI=1S/C16H14ClFN2O3S/c17-14-10-11(18)3-8-15(14)24(22,23)19-12-4-6-13(7-5-12)20-9-1-2-16(20)21/h3-8,10,19H,1-2,9H2. The Labute approximate surface area is 144 Å². The highest BCUT2D eigenvalue weighted by Gasteiger charge is 2.22. The number of amides is 1. The highest BCUT2D eigenvalue weighted by atomic mass is 35.5. The third-order valence-electron chi connectivity index (χ3n) is 3.69. The summed E-state index contributed by atoms with van der Waals surface area (Å²) in [5, 5.41) is -0.193. The number of hydrogen-bond donors (Lipinski definition) is 1. The Hall–Kier alpha value is -2.12. The van der Waals surface area contributed by atoms with Crippen molar-refractivity contribution in [3.63, 3.8) is 0 Å². The predicted molar refractivity (Wildman–Crippen MR) is 90.2 cm³/mol. The minimum absolute atomic E-state index is 0.0569. The lowest BCUT2D eigenvalue weighted by molar-refractivity contribution is -0.117. The van der Waals surface area contributed by atoms with Crippen LogP contribution in [0.5, 0.6) is 0 Å². The Morgan fingerprint density at radius 1 is 1.12 bits per heavy atom. The summed E-state index contributed by atoms with van der Waals surface area (Å²) in [5.74, 6) is -0.556. The van der Waals surface area contributed by atoms with Crippen molar-refractivity contribution >= 4 is 38.9 Å². The van der Waals surface area contributed by atoms with Gasteiger partial charge >= 0.3 is 0 Å². The summed E-state index contributed by atoms with van der Waals surface area (Å²) in [6, 6.07) is 9.56. The van der Waals surface area contributed by atoms with E-state index in [1.807, 2.05) is 0 Å². The Kier molecular flexibility index (Phi) is 4.47. The van der Waals surface area contributed by atoms with Crippen molar-refractivity contribution in [3.8, 4) is 0 Å². The fourth-order valence-electron chi connectivity index (χ4n) is 2.53. The van der Waals surface area contributed by atoms with Gasteiger partial charge in [-0.05, 0) is 48.9 Å². The summed E-state index contributed by atoms with van der Waals surface area (Å²) < 4.78 is 40.1. The van der Waals surface area contributed by atoms with Crippen LogP contribution in [0.4, 0.5) is 15.8 Å². The van der Waals surface area contributed by atoms with Crippen molar-refractivity contribution in [1.82, 2.24) is 0 Å². The first-order chi connectivity index (χ1) is 11.4. The highest BCUT2D eigenvalue weighted by molar-refractivity contribution is 7.92. The second-order valence-electron chi connectivity index (χ2n) is 5.38. The summed E-state index contributed by atoms with van der Waals surface area (Å²) >= 11 is 5.80. The smallest absolute Gasteiger partial charge is 0.263 e. The Morgan fingerprint density at radius 3 is 2.42 bits per heavy atom. The molecule has 2 aromatic carbocycles. The van der Waals surface area contributed by atoms with Crippen LogP contribution in [0.1, 0.15) is 12.8 Å². The minimum Gasteiger partial charge on any atom is -0.312 e. The monoisotopic (exact) mass is 368 g/mol. The van der Waals surface area contributed by atoms with Gasteiger partial charge in [0.2, 0.25) is 5.91 Å². The normalized spacial score (nSPS) is 14.9. The van der Waals surface area contributed by atoms with Crippen LogP contribution < -0.4 is 9.62 Å². The quantitative estimate of drug-likeness (QED) is 0.899. The van der Waals surface area contributed by atoms with E-state index in [4.69, 9.17) is 11.6 Å². The van der Waals surface area contributed by atoms with Crippen molar-refractivity contribution < 1.29 is 17.6 Å². The van der Waals surface area contributed by atoms with Crippen LogP contribution >= 0.6 is 11.6 Å². The van der Waals surface area contributed by atoms with E-state index in [-0.39, 0.29) is 15.8 Å². The van der Waals surface area contributed by atoms with E-state index in [2.05, 4.69) is 4.72 Å². The Balaban J connectivity index is 1.81. The van der Waals surface area contributed by atoms with Gasteiger partial charge in [0.15, 0.2) is 0 Å². The number of anilines is 2. The molecule has 2 aromatic rings. The maximum absolute atomic E-state index is 13.1. The van der Waals surface area contributed by atoms with Gasteiger partial charge < -0.3 is 4.90 Å². The molecule has 1 amide bonds. The molecule has 1 N–H and O–H groups in total. The molecule has 3 rings (SSSR count). The number of halogens is 2. The molecule has 0 atom stereocenters. The molecule has 1 aliphatic heterocycles. The molecule has 0 radical (unpaired) electrons. The molecule has 0 saturated carbocycles. The molecule has 1 heterocycles. The summed E-state index contributed by atoms with van der Waals surface area (Å²) in [4.78, 5) is 13.2. The lowest BCUT2D eigenvalue weighted by atomic mass is 10.2. The number of nitrogens with zero attached hydrogens (tertiary/aromatic N) is 1. The van der Waals surface area contributed by atoms with E-state index in [0.29, 0.717) is 18.7 Å². The van der Waals surface area contributed by atoms with Crippen LogP contribution in [0, 0.1) is 5.82 Å². The van der Waals surface area contributed by atoms with Gasteiger partial charge in [-0.15, -0.1) is 0 Å². The lowest BCUT2D eigenvalue weighted by Gasteiger charge is -2.16. The fourth-order valence-corrected chi connectivity index (χ4v) is 4.12. The number of benzene rings is 2. The van der Waals surface area contributed by atoms with Gasteiger partial charge in [0.1, 0.15) is 10.7 Å². The molecule has 1 saturated heterocycles. The van der Waals surface area contributed by atoms with Crippen LogP contribution in [0.25, 0.3) is 0 Å². The molecule has 0 spiro atoms. The summed E-state index contributed by atoms with van der Waals surface area (Å²) in [6.45, 7) is 0.662. The summed E-state index contributed by atoms with van der Waals surface area (Å²) in [5.41, 5.74) is 1.05. The van der Waals surface area contributed by atoms with E-state index < -0.39 is 15.8 Å². The third kappa shape index (κ3) is 3.37. The molecule has 5 nitrogen and oxygen atoms in total. The van der Waals surface area contributed by atoms with Crippen LogP contribution in [0.3, 0.4) is 0 Å². The molecule has 1 aliphatic rings. The Bertz CT molecular complexity index is 885. The summed E-state index contributed by atoms with van der Waals surface area (Å²) in [7, 11) is -3.93. The predicted octanol–water partition coefficient (Wildman–Crippen LogP) is 3.41. The fraction of sp³-hybridized carbons (Fsp3) is 0.188. The van der Waals surface area contributed by atoms with E-state index in [1.54, 1.807) is 29.2 Å². The number of hydrogen-bond acceptors (Lipinski definition) is 3. The van der Waals surface area contributed by atoms with Crippen molar-refractivity contribution in [2.24, 2.45) is 0 Å². The van der Waals surface area contributed by atoms with Crippen molar-refractivity contribution in [3.05, 3.63) is 53.3 Å². The number of nitrogens with one attached hydrogen (secondary N) is 1. The average Bonchev–Trinajstić information content (AvgIpc) is 2.93. The van der Waals surface area contributed by atoms with Gasteiger partial charge in [0.25, 0.3) is 10.0 Å². The largest absolute Gasteiger partial charge is 0.312 e. The maximum Gasteiger partial charge on any atom is 0.263 e. The number of carbonyl (C=O) groups excluding carboxylic acids is 1. The molecular weight excluding hydrogens is 355 g/mol. The van der Waals surface area contributed by atoms with Crippen LogP contribution in [-0.4, -0.2) is 20.9 Å². The zero-order valence-electron chi connectivity index (χ0n) is 12.5. The van der Waals surface area contributed by atoms with Crippen molar-refractivity contribution in [2.75, 3.05) is 16.2 Å². The van der Waals surface area contributed by atoms with Crippen LogP contribution in [-0.2, 0) is 14.8 Å². The zero-order valence-corrected chi connectivity index (χ0v) is 14.1. The lowest BCUT2D eigenvalue weighted by Crippen LogP contribution is -2.23. The van der Waals surface area contributed by atoms with Gasteiger partial charge in [-0.3, -0.25) is 9.52 Å². The van der Waals surface area contributed by atoms with E-state index in [9.17, 15) is 17.6 Å². The first-order valence-electron chi connectivity index (χ1n) is 7.25. The van der Waals surface area contributed by atoms with Crippen molar-refractivity contribution in [2.45, 2.75) is 17.7 Å². The molecule has 0 aromatic heterocycles. The first kappa shape index (κ1) is 16.7. The second-order valence-corrected chi connectivity index (χ2v) is 7.43. The topological polar surface area (TPSA) is 66.5 Å². The summed E-state index contributed by atoms with van der Waals surface area (Å²) in [6.07, 6.45) is 1.34. The van der Waals surface area contributed by atoms with Crippen molar-refractivity contribution in [1.29, 1.82) is 0 Å². The van der Waals surface area contributed by atoms with Crippen LogP contribution in [0.15, 0.2) is 47.4 Å². The minimum atomic E-state index is -3.93. The molecular formula is C16H14ClFN2O3S. The molecule has 126 valence electrons. The van der Waals surface area contributed by atoms with Gasteiger partial charge in [-0.2, -0.15) is 0 Å². The van der Waals surface area contributed by atoms with Gasteiger partial charge in [-0.1, -0.05) is 11.6 Å². The van der Waals surface area contributed by atoms with E-state index in [0.717, 1.165) is 30.3 Å². The average molecular weight is 369 g/mol. The molecule has 0 unspecified atom stereocenters. The van der Waals surface area contributed by atoms with Gasteiger partial charge in [0, 0.05) is 24.3 Å². The third-order valence-corrected chi connectivity index (χ3v) is 5.55. The zero-order chi connectivity index (χ0) is 17.3. The van der Waals surface area contributed by atoms with Crippen LogP contribution in [0.2, 0.25) is 5.02 Å². The van der Waals surface area contributed by atoms with Gasteiger partial charge in [-0.25, -0.2) is 12.8 Å². The van der Waals surface area contributed by atoms with Gasteiger partial charge in [0.05, 0.1) is 5.02 Å². The van der Waals surface area contributed by atoms with E-state index in [1.165, 1.54) is 0 Å². The first-order valence-corrected chi connectivity index (χ1v) is 9.11. The molecule has 24 heavy (non-hydrogen) atoms. The Morgan fingerprint density at radius 2 is 1.83 bits per heavy atom.